The molecule has 0 spiro atoms. The van der Waals surface area contributed by atoms with E-state index in [9.17, 15) is 4.79 Å². The van der Waals surface area contributed by atoms with Crippen molar-refractivity contribution in [3.63, 3.8) is 0 Å². The van der Waals surface area contributed by atoms with Crippen LogP contribution in [0, 0.1) is 20.8 Å². The molecule has 0 bridgehead atoms. The van der Waals surface area contributed by atoms with E-state index in [2.05, 4.69) is 34.6 Å². The van der Waals surface area contributed by atoms with Gasteiger partial charge < -0.3 is 14.3 Å². The van der Waals surface area contributed by atoms with E-state index in [4.69, 9.17) is 4.42 Å². The van der Waals surface area contributed by atoms with E-state index in [-0.39, 0.29) is 11.2 Å². The molecule has 3 aromatic rings. The van der Waals surface area contributed by atoms with Crippen LogP contribution < -0.4 is 5.32 Å². The predicted octanol–water partition coefficient (Wildman–Crippen LogP) is 4.12. The van der Waals surface area contributed by atoms with Gasteiger partial charge in [-0.15, -0.1) is 10.2 Å². The second-order valence-corrected chi connectivity index (χ2v) is 7.67. The fourth-order valence-corrected chi connectivity index (χ4v) is 3.67. The molecule has 1 atom stereocenters. The Hall–Kier alpha value is -2.54. The molecule has 1 amide bonds. The first-order valence-corrected chi connectivity index (χ1v) is 9.23. The Balaban J connectivity index is 1.73. The van der Waals surface area contributed by atoms with Gasteiger partial charge in [-0.3, -0.25) is 4.79 Å². The number of carbonyl (C=O) groups excluding carboxylic acids is 1. The van der Waals surface area contributed by atoms with E-state index in [1.165, 1.54) is 17.3 Å². The van der Waals surface area contributed by atoms with Gasteiger partial charge in [0.2, 0.25) is 5.91 Å². The molecule has 2 heterocycles. The van der Waals surface area contributed by atoms with Crippen molar-refractivity contribution in [2.75, 3.05) is 5.32 Å². The summed E-state index contributed by atoms with van der Waals surface area (Å²) >= 11 is 1.37. The van der Waals surface area contributed by atoms with Crippen LogP contribution in [-0.4, -0.2) is 25.9 Å². The van der Waals surface area contributed by atoms with Gasteiger partial charge in [-0.1, -0.05) is 29.5 Å². The Morgan fingerprint density at radius 1 is 1.23 bits per heavy atom. The molecule has 0 fully saturated rings. The third-order valence-electron chi connectivity index (χ3n) is 4.15. The van der Waals surface area contributed by atoms with E-state index >= 15 is 0 Å². The lowest BCUT2D eigenvalue weighted by Gasteiger charge is -2.16. The first kappa shape index (κ1) is 18.3. The summed E-state index contributed by atoms with van der Waals surface area (Å²) in [5.41, 5.74) is 4.19. The lowest BCUT2D eigenvalue weighted by molar-refractivity contribution is -0.115. The van der Waals surface area contributed by atoms with Gasteiger partial charge in [-0.05, 0) is 51.0 Å². The summed E-state index contributed by atoms with van der Waals surface area (Å²) in [5.74, 6) is 1.22. The zero-order chi connectivity index (χ0) is 18.8. The van der Waals surface area contributed by atoms with Crippen molar-refractivity contribution in [1.29, 1.82) is 0 Å². The number of anilines is 1. The number of carbonyl (C=O) groups is 1. The van der Waals surface area contributed by atoms with Crippen LogP contribution in [0.2, 0.25) is 0 Å². The highest BCUT2D eigenvalue weighted by Gasteiger charge is 2.21. The van der Waals surface area contributed by atoms with Crippen molar-refractivity contribution in [1.82, 2.24) is 14.8 Å². The lowest BCUT2D eigenvalue weighted by atomic mass is 10.1. The SMILES string of the molecule is Cc1cc(C)c(NC(=O)[C@@H](C)Sc2nnc(-c3ccco3)n2C)c(C)c1. The number of thioether (sulfide) groups is 1. The summed E-state index contributed by atoms with van der Waals surface area (Å²) in [6.07, 6.45) is 1.60. The molecule has 6 nitrogen and oxygen atoms in total. The summed E-state index contributed by atoms with van der Waals surface area (Å²) in [4.78, 5) is 12.6. The van der Waals surface area contributed by atoms with Crippen molar-refractivity contribution in [3.8, 4) is 11.6 Å². The molecule has 1 N–H and O–H groups in total. The molecular formula is C19H22N4O2S. The Bertz CT molecular complexity index is 908. The smallest absolute Gasteiger partial charge is 0.237 e. The monoisotopic (exact) mass is 370 g/mol. The summed E-state index contributed by atoms with van der Waals surface area (Å²) in [6, 6.07) is 7.77. The van der Waals surface area contributed by atoms with Gasteiger partial charge in [0.25, 0.3) is 0 Å². The number of nitrogens with zero attached hydrogens (tertiary/aromatic N) is 3. The summed E-state index contributed by atoms with van der Waals surface area (Å²) in [7, 11) is 1.86. The number of hydrogen-bond donors (Lipinski definition) is 1. The van der Waals surface area contributed by atoms with Gasteiger partial charge in [0, 0.05) is 12.7 Å². The number of amides is 1. The minimum Gasteiger partial charge on any atom is -0.461 e. The number of rotatable bonds is 5. The Morgan fingerprint density at radius 2 is 1.92 bits per heavy atom. The van der Waals surface area contributed by atoms with Crippen molar-refractivity contribution in [2.24, 2.45) is 7.05 Å². The highest BCUT2D eigenvalue weighted by molar-refractivity contribution is 8.00. The Morgan fingerprint density at radius 3 is 2.54 bits per heavy atom. The molecule has 1 aromatic carbocycles. The Labute approximate surface area is 157 Å². The molecule has 0 radical (unpaired) electrons. The lowest BCUT2D eigenvalue weighted by Crippen LogP contribution is -2.23. The standard InChI is InChI=1S/C19H22N4O2S/c1-11-9-12(2)16(13(3)10-11)20-18(24)14(4)26-19-22-21-17(23(19)5)15-7-6-8-25-15/h6-10,14H,1-5H3,(H,20,24)/t14-/m1/s1. The van der Waals surface area contributed by atoms with Gasteiger partial charge in [0.05, 0.1) is 11.5 Å². The number of nitrogens with one attached hydrogen (secondary N) is 1. The third-order valence-corrected chi connectivity index (χ3v) is 5.29. The molecule has 26 heavy (non-hydrogen) atoms. The third kappa shape index (κ3) is 3.67. The second kappa shape index (κ2) is 7.37. The van der Waals surface area contributed by atoms with Crippen molar-refractivity contribution in [3.05, 3.63) is 47.2 Å². The highest BCUT2D eigenvalue weighted by Crippen LogP contribution is 2.28. The van der Waals surface area contributed by atoms with Crippen LogP contribution in [-0.2, 0) is 11.8 Å². The molecule has 0 aliphatic carbocycles. The summed E-state index contributed by atoms with van der Waals surface area (Å²) in [5, 5.41) is 11.7. The van der Waals surface area contributed by atoms with Crippen LogP contribution in [0.1, 0.15) is 23.6 Å². The van der Waals surface area contributed by atoms with Crippen molar-refractivity contribution in [2.45, 2.75) is 38.1 Å². The maximum absolute atomic E-state index is 12.6. The number of aromatic nitrogens is 3. The quantitative estimate of drug-likeness (QED) is 0.684. The van der Waals surface area contributed by atoms with Gasteiger partial charge in [0.1, 0.15) is 0 Å². The van der Waals surface area contributed by atoms with E-state index < -0.39 is 0 Å². The van der Waals surface area contributed by atoms with E-state index in [0.29, 0.717) is 16.7 Å². The molecule has 7 heteroatoms. The summed E-state index contributed by atoms with van der Waals surface area (Å²) < 4.78 is 7.20. The first-order chi connectivity index (χ1) is 12.4. The maximum Gasteiger partial charge on any atom is 0.237 e. The van der Waals surface area contributed by atoms with E-state index in [1.54, 1.807) is 12.3 Å². The van der Waals surface area contributed by atoms with Crippen LogP contribution in [0.3, 0.4) is 0 Å². The fraction of sp³-hybridized carbons (Fsp3) is 0.316. The second-order valence-electron chi connectivity index (χ2n) is 6.37. The molecule has 2 aromatic heterocycles. The molecule has 0 aliphatic rings. The molecule has 136 valence electrons. The van der Waals surface area contributed by atoms with Gasteiger partial charge in [-0.2, -0.15) is 0 Å². The van der Waals surface area contributed by atoms with Crippen LogP contribution >= 0.6 is 11.8 Å². The van der Waals surface area contributed by atoms with E-state index in [1.807, 2.05) is 38.5 Å². The number of hydrogen-bond acceptors (Lipinski definition) is 5. The normalized spacial score (nSPS) is 12.2. The average molecular weight is 370 g/mol. The first-order valence-electron chi connectivity index (χ1n) is 8.35. The minimum absolute atomic E-state index is 0.0624. The molecule has 0 saturated carbocycles. The molecule has 0 aliphatic heterocycles. The Kier molecular flexibility index (Phi) is 5.18. The number of benzene rings is 1. The van der Waals surface area contributed by atoms with Crippen LogP contribution in [0.5, 0.6) is 0 Å². The molecule has 3 rings (SSSR count). The molecular weight excluding hydrogens is 348 g/mol. The van der Waals surface area contributed by atoms with Crippen molar-refractivity contribution < 1.29 is 9.21 Å². The topological polar surface area (TPSA) is 73.0 Å². The molecule has 0 saturated heterocycles. The molecule has 0 unspecified atom stereocenters. The predicted molar refractivity (Wildman–Crippen MR) is 103 cm³/mol. The summed E-state index contributed by atoms with van der Waals surface area (Å²) in [6.45, 7) is 7.92. The van der Waals surface area contributed by atoms with Gasteiger partial charge >= 0.3 is 0 Å². The highest BCUT2D eigenvalue weighted by atomic mass is 32.2. The average Bonchev–Trinajstić information content (AvgIpc) is 3.21. The minimum atomic E-state index is -0.317. The zero-order valence-electron chi connectivity index (χ0n) is 15.5. The van der Waals surface area contributed by atoms with Gasteiger partial charge in [-0.25, -0.2) is 0 Å². The van der Waals surface area contributed by atoms with Crippen molar-refractivity contribution >= 4 is 23.4 Å². The zero-order valence-corrected chi connectivity index (χ0v) is 16.3. The van der Waals surface area contributed by atoms with Crippen LogP contribution in [0.15, 0.2) is 40.1 Å². The maximum atomic E-state index is 12.6. The largest absolute Gasteiger partial charge is 0.461 e. The van der Waals surface area contributed by atoms with E-state index in [0.717, 1.165) is 16.8 Å². The number of furan rings is 1. The fourth-order valence-electron chi connectivity index (χ4n) is 2.85. The van der Waals surface area contributed by atoms with Crippen LogP contribution in [0.25, 0.3) is 11.6 Å². The number of aryl methyl sites for hydroxylation is 3. The van der Waals surface area contributed by atoms with Gasteiger partial charge in [0.15, 0.2) is 16.7 Å². The van der Waals surface area contributed by atoms with Crippen LogP contribution in [0.4, 0.5) is 5.69 Å².